The Hall–Kier alpha value is -4.15. The standard InChI is InChI=1S/C21H21N7O4/c1-11-18-13(12-5-6-14(30-2)20(32-4)19(12)31-3)9-17(29)23-21(18)28(25-11)16-8-7-15-24-22-10-27(15)26-16/h5-8,10,13H,9H2,1-4H3,(H,23,29)/t13-/m0/s1. The number of rotatable bonds is 5. The molecule has 3 aromatic heterocycles. The van der Waals surface area contributed by atoms with Crippen LogP contribution in [-0.4, -0.2) is 56.8 Å². The van der Waals surface area contributed by atoms with Gasteiger partial charge in [-0.25, -0.2) is 0 Å². The highest BCUT2D eigenvalue weighted by atomic mass is 16.5. The van der Waals surface area contributed by atoms with Crippen molar-refractivity contribution >= 4 is 17.4 Å². The molecule has 32 heavy (non-hydrogen) atoms. The van der Waals surface area contributed by atoms with Crippen LogP contribution < -0.4 is 19.5 Å². The molecule has 0 spiro atoms. The van der Waals surface area contributed by atoms with Gasteiger partial charge in [0, 0.05) is 23.5 Å². The summed E-state index contributed by atoms with van der Waals surface area (Å²) in [4.78, 5) is 12.8. The number of aromatic nitrogens is 6. The topological polar surface area (TPSA) is 118 Å². The van der Waals surface area contributed by atoms with Crippen molar-refractivity contribution in [1.29, 1.82) is 0 Å². The van der Waals surface area contributed by atoms with Crippen LogP contribution in [0.2, 0.25) is 0 Å². The third-order valence-electron chi connectivity index (χ3n) is 5.58. The number of nitrogens with zero attached hydrogens (tertiary/aromatic N) is 6. The van der Waals surface area contributed by atoms with Crippen molar-refractivity contribution in [3.8, 4) is 23.1 Å². The number of fused-ring (bicyclic) bond motifs is 2. The van der Waals surface area contributed by atoms with Crippen molar-refractivity contribution in [1.82, 2.24) is 29.6 Å². The van der Waals surface area contributed by atoms with Gasteiger partial charge in [0.25, 0.3) is 0 Å². The second-order valence-electron chi connectivity index (χ2n) is 7.31. The van der Waals surface area contributed by atoms with E-state index in [2.05, 4.69) is 25.7 Å². The fourth-order valence-corrected chi connectivity index (χ4v) is 4.21. The van der Waals surface area contributed by atoms with Crippen molar-refractivity contribution in [2.45, 2.75) is 19.3 Å². The van der Waals surface area contributed by atoms with Gasteiger partial charge in [-0.05, 0) is 25.1 Å². The zero-order valence-electron chi connectivity index (χ0n) is 18.0. The van der Waals surface area contributed by atoms with E-state index in [1.54, 1.807) is 42.7 Å². The van der Waals surface area contributed by atoms with Gasteiger partial charge in [-0.15, -0.1) is 15.3 Å². The molecule has 11 heteroatoms. The molecule has 0 fully saturated rings. The molecule has 1 aliphatic heterocycles. The van der Waals surface area contributed by atoms with Crippen LogP contribution in [0.15, 0.2) is 30.6 Å². The molecule has 11 nitrogen and oxygen atoms in total. The quantitative estimate of drug-likeness (QED) is 0.507. The maximum atomic E-state index is 12.8. The summed E-state index contributed by atoms with van der Waals surface area (Å²) in [5, 5.41) is 20.0. The van der Waals surface area contributed by atoms with Crippen LogP contribution in [0, 0.1) is 6.92 Å². The van der Waals surface area contributed by atoms with Crippen molar-refractivity contribution in [3.05, 3.63) is 47.4 Å². The van der Waals surface area contributed by atoms with Crippen molar-refractivity contribution in [2.24, 2.45) is 0 Å². The molecular formula is C21H21N7O4. The predicted octanol–water partition coefficient (Wildman–Crippen LogP) is 2.12. The predicted molar refractivity (Wildman–Crippen MR) is 114 cm³/mol. The monoisotopic (exact) mass is 435 g/mol. The first-order valence-electron chi connectivity index (χ1n) is 9.91. The van der Waals surface area contributed by atoms with Gasteiger partial charge in [0.1, 0.15) is 12.1 Å². The highest BCUT2D eigenvalue weighted by Crippen LogP contribution is 2.48. The Labute approximate surface area is 182 Å². The lowest BCUT2D eigenvalue weighted by Gasteiger charge is -2.26. The van der Waals surface area contributed by atoms with E-state index in [0.29, 0.717) is 34.5 Å². The van der Waals surface area contributed by atoms with Crippen LogP contribution in [-0.2, 0) is 4.79 Å². The molecule has 4 aromatic rings. The van der Waals surface area contributed by atoms with E-state index >= 15 is 0 Å². The van der Waals surface area contributed by atoms with E-state index in [0.717, 1.165) is 16.8 Å². The summed E-state index contributed by atoms with van der Waals surface area (Å²) >= 11 is 0. The van der Waals surface area contributed by atoms with E-state index < -0.39 is 0 Å². The Balaban J connectivity index is 1.69. The summed E-state index contributed by atoms with van der Waals surface area (Å²) in [5.41, 5.74) is 3.09. The molecule has 0 aliphatic carbocycles. The van der Waals surface area contributed by atoms with E-state index in [1.807, 2.05) is 19.1 Å². The van der Waals surface area contributed by atoms with Gasteiger partial charge in [0.2, 0.25) is 11.7 Å². The van der Waals surface area contributed by atoms with Gasteiger partial charge in [0.15, 0.2) is 23.0 Å². The number of amides is 1. The van der Waals surface area contributed by atoms with E-state index in [4.69, 9.17) is 14.2 Å². The van der Waals surface area contributed by atoms with Gasteiger partial charge in [-0.3, -0.25) is 4.79 Å². The maximum Gasteiger partial charge on any atom is 0.226 e. The molecule has 1 atom stereocenters. The lowest BCUT2D eigenvalue weighted by Crippen LogP contribution is -2.25. The molecule has 4 heterocycles. The third-order valence-corrected chi connectivity index (χ3v) is 5.58. The van der Waals surface area contributed by atoms with E-state index in [-0.39, 0.29) is 18.2 Å². The van der Waals surface area contributed by atoms with E-state index in [9.17, 15) is 4.79 Å². The zero-order valence-corrected chi connectivity index (χ0v) is 18.0. The maximum absolute atomic E-state index is 12.8. The van der Waals surface area contributed by atoms with Crippen LogP contribution in [0.4, 0.5) is 5.82 Å². The number of aryl methyl sites for hydroxylation is 1. The van der Waals surface area contributed by atoms with Gasteiger partial charge in [0.05, 0.1) is 27.0 Å². The number of ether oxygens (including phenoxy) is 3. The summed E-state index contributed by atoms with van der Waals surface area (Å²) in [5.74, 6) is 2.22. The average molecular weight is 435 g/mol. The van der Waals surface area contributed by atoms with Gasteiger partial charge >= 0.3 is 0 Å². The number of hydrogen-bond donors (Lipinski definition) is 1. The molecule has 1 N–H and O–H groups in total. The average Bonchev–Trinajstić information content (AvgIpc) is 3.41. The number of carbonyl (C=O) groups excluding carboxylic acids is 1. The molecule has 0 radical (unpaired) electrons. The van der Waals surface area contributed by atoms with Crippen LogP contribution >= 0.6 is 0 Å². The summed E-state index contributed by atoms with van der Waals surface area (Å²) in [6.07, 6.45) is 1.75. The number of anilines is 1. The van der Waals surface area contributed by atoms with E-state index in [1.165, 1.54) is 6.33 Å². The molecule has 0 unspecified atom stereocenters. The zero-order chi connectivity index (χ0) is 22.4. The lowest BCUT2D eigenvalue weighted by molar-refractivity contribution is -0.116. The number of hydrogen-bond acceptors (Lipinski definition) is 8. The lowest BCUT2D eigenvalue weighted by atomic mass is 9.85. The molecule has 164 valence electrons. The largest absolute Gasteiger partial charge is 0.493 e. The summed E-state index contributed by atoms with van der Waals surface area (Å²) in [6.45, 7) is 1.91. The number of benzene rings is 1. The second kappa shape index (κ2) is 7.52. The van der Waals surface area contributed by atoms with Gasteiger partial charge in [-0.2, -0.15) is 14.3 Å². The minimum atomic E-state index is -0.291. The van der Waals surface area contributed by atoms with Gasteiger partial charge < -0.3 is 19.5 Å². The number of nitrogens with one attached hydrogen (secondary N) is 1. The van der Waals surface area contributed by atoms with Crippen molar-refractivity contribution < 1.29 is 19.0 Å². The third kappa shape index (κ3) is 2.93. The highest BCUT2D eigenvalue weighted by Gasteiger charge is 2.35. The first kappa shape index (κ1) is 19.8. The minimum Gasteiger partial charge on any atom is -0.493 e. The summed E-state index contributed by atoms with van der Waals surface area (Å²) in [7, 11) is 4.69. The first-order chi connectivity index (χ1) is 15.5. The van der Waals surface area contributed by atoms with Crippen molar-refractivity contribution in [2.75, 3.05) is 26.6 Å². The van der Waals surface area contributed by atoms with Crippen molar-refractivity contribution in [3.63, 3.8) is 0 Å². The first-order valence-corrected chi connectivity index (χ1v) is 9.91. The SMILES string of the molecule is COc1ccc([C@@H]2CC(=O)Nc3c2c(C)nn3-c2ccc3nncn3n2)c(OC)c1OC. The Morgan fingerprint density at radius 1 is 1.03 bits per heavy atom. The molecule has 0 saturated carbocycles. The summed E-state index contributed by atoms with van der Waals surface area (Å²) < 4.78 is 19.8. The second-order valence-corrected chi connectivity index (χ2v) is 7.31. The molecule has 5 rings (SSSR count). The molecule has 1 aromatic carbocycles. The Bertz CT molecular complexity index is 1340. The fourth-order valence-electron chi connectivity index (χ4n) is 4.21. The van der Waals surface area contributed by atoms with Crippen LogP contribution in [0.5, 0.6) is 17.2 Å². The smallest absolute Gasteiger partial charge is 0.226 e. The molecular weight excluding hydrogens is 414 g/mol. The fraction of sp³-hybridized carbons (Fsp3) is 0.286. The Kier molecular flexibility index (Phi) is 4.65. The molecule has 1 amide bonds. The normalized spacial score (nSPS) is 15.4. The van der Waals surface area contributed by atoms with Crippen LogP contribution in [0.25, 0.3) is 11.5 Å². The van der Waals surface area contributed by atoms with Crippen LogP contribution in [0.3, 0.4) is 0 Å². The Morgan fingerprint density at radius 2 is 1.84 bits per heavy atom. The Morgan fingerprint density at radius 3 is 2.59 bits per heavy atom. The molecule has 0 bridgehead atoms. The number of methoxy groups -OCH3 is 3. The molecule has 0 saturated heterocycles. The minimum absolute atomic E-state index is 0.133. The highest BCUT2D eigenvalue weighted by molar-refractivity contribution is 5.95. The van der Waals surface area contributed by atoms with Gasteiger partial charge in [-0.1, -0.05) is 6.07 Å². The molecule has 1 aliphatic rings. The number of carbonyl (C=O) groups is 1. The van der Waals surface area contributed by atoms with Crippen LogP contribution in [0.1, 0.15) is 29.2 Å². The summed E-state index contributed by atoms with van der Waals surface area (Å²) in [6, 6.07) is 7.28.